The molecule has 5 aromatic rings. The topological polar surface area (TPSA) is 93.8 Å². The minimum atomic E-state index is -0.349. The zero-order valence-corrected chi connectivity index (χ0v) is 15.8. The number of hydrogen-bond donors (Lipinski definition) is 1. The fraction of sp³-hybridized carbons (Fsp3) is 0. The lowest BCUT2D eigenvalue weighted by Gasteiger charge is -2.08. The summed E-state index contributed by atoms with van der Waals surface area (Å²) in [6.07, 6.45) is 1.63. The van der Waals surface area contributed by atoms with Gasteiger partial charge >= 0.3 is 6.01 Å². The summed E-state index contributed by atoms with van der Waals surface area (Å²) >= 11 is 1.57. The number of pyridine rings is 2. The molecule has 0 aliphatic heterocycles. The van der Waals surface area contributed by atoms with Gasteiger partial charge in [0.1, 0.15) is 5.69 Å². The summed E-state index contributed by atoms with van der Waals surface area (Å²) in [7, 11) is 0. The van der Waals surface area contributed by atoms with E-state index in [0.29, 0.717) is 11.3 Å². The minimum Gasteiger partial charge on any atom is -0.401 e. The summed E-state index contributed by atoms with van der Waals surface area (Å²) in [5.41, 5.74) is 2.50. The Hall–Kier alpha value is -3.91. The van der Waals surface area contributed by atoms with Gasteiger partial charge in [-0.1, -0.05) is 35.4 Å². The molecule has 0 unspecified atom stereocenters. The van der Waals surface area contributed by atoms with Crippen LogP contribution in [0.3, 0.4) is 0 Å². The van der Waals surface area contributed by atoms with E-state index in [-0.39, 0.29) is 17.8 Å². The molecular weight excluding hydrogens is 386 g/mol. The lowest BCUT2D eigenvalue weighted by Crippen LogP contribution is -2.13. The number of amides is 1. The number of rotatable bonds is 4. The molecule has 0 bridgehead atoms. The molecule has 140 valence electrons. The van der Waals surface area contributed by atoms with E-state index in [0.717, 1.165) is 21.5 Å². The van der Waals surface area contributed by atoms with Crippen LogP contribution >= 0.6 is 11.3 Å². The van der Waals surface area contributed by atoms with E-state index in [9.17, 15) is 4.79 Å². The number of fused-ring (bicyclic) bond motifs is 1. The van der Waals surface area contributed by atoms with Gasteiger partial charge in [0.15, 0.2) is 0 Å². The monoisotopic (exact) mass is 399 g/mol. The summed E-state index contributed by atoms with van der Waals surface area (Å²) < 4.78 is 5.55. The van der Waals surface area contributed by atoms with Gasteiger partial charge in [-0.15, -0.1) is 16.4 Å². The lowest BCUT2D eigenvalue weighted by molar-refractivity contribution is 0.102. The van der Waals surface area contributed by atoms with Crippen LogP contribution in [-0.4, -0.2) is 26.1 Å². The second-order valence-corrected chi connectivity index (χ2v) is 7.08. The Bertz CT molecular complexity index is 1300. The van der Waals surface area contributed by atoms with Gasteiger partial charge in [0, 0.05) is 11.6 Å². The van der Waals surface area contributed by atoms with Crippen molar-refractivity contribution in [3.63, 3.8) is 0 Å². The second kappa shape index (κ2) is 7.25. The first kappa shape index (κ1) is 17.2. The molecule has 29 heavy (non-hydrogen) atoms. The van der Waals surface area contributed by atoms with Crippen LogP contribution in [0.2, 0.25) is 0 Å². The van der Waals surface area contributed by atoms with Crippen molar-refractivity contribution in [2.45, 2.75) is 0 Å². The van der Waals surface area contributed by atoms with Crippen molar-refractivity contribution in [1.82, 2.24) is 20.2 Å². The first-order valence-corrected chi connectivity index (χ1v) is 9.66. The summed E-state index contributed by atoms with van der Waals surface area (Å²) in [5.74, 6) is -0.114. The van der Waals surface area contributed by atoms with Gasteiger partial charge in [-0.3, -0.25) is 15.1 Å². The average Bonchev–Trinajstić information content (AvgIpc) is 3.46. The van der Waals surface area contributed by atoms with E-state index < -0.39 is 0 Å². The van der Waals surface area contributed by atoms with Crippen LogP contribution in [0.5, 0.6) is 0 Å². The molecule has 1 aromatic carbocycles. The van der Waals surface area contributed by atoms with Crippen molar-refractivity contribution in [3.8, 4) is 22.2 Å². The van der Waals surface area contributed by atoms with Gasteiger partial charge in [-0.25, -0.2) is 4.98 Å². The largest absolute Gasteiger partial charge is 0.401 e. The van der Waals surface area contributed by atoms with E-state index in [1.165, 1.54) is 0 Å². The molecule has 0 radical (unpaired) electrons. The van der Waals surface area contributed by atoms with E-state index >= 15 is 0 Å². The quantitative estimate of drug-likeness (QED) is 0.472. The normalized spacial score (nSPS) is 10.9. The van der Waals surface area contributed by atoms with Crippen molar-refractivity contribution in [1.29, 1.82) is 0 Å². The Morgan fingerprint density at radius 1 is 0.966 bits per heavy atom. The first-order valence-electron chi connectivity index (χ1n) is 8.78. The molecule has 4 aromatic heterocycles. The Labute approximate surface area is 169 Å². The highest BCUT2D eigenvalue weighted by Gasteiger charge is 2.17. The zero-order chi connectivity index (χ0) is 19.6. The Kier molecular flexibility index (Phi) is 4.30. The fourth-order valence-electron chi connectivity index (χ4n) is 2.94. The van der Waals surface area contributed by atoms with Gasteiger partial charge < -0.3 is 4.42 Å². The summed E-state index contributed by atoms with van der Waals surface area (Å²) in [6.45, 7) is 0. The van der Waals surface area contributed by atoms with Crippen molar-refractivity contribution in [2.75, 3.05) is 5.32 Å². The van der Waals surface area contributed by atoms with Crippen LogP contribution in [0, 0.1) is 0 Å². The lowest BCUT2D eigenvalue weighted by atomic mass is 10.1. The Morgan fingerprint density at radius 3 is 2.69 bits per heavy atom. The first-order chi connectivity index (χ1) is 14.3. The molecule has 7 nitrogen and oxygen atoms in total. The van der Waals surface area contributed by atoms with Crippen LogP contribution in [0.4, 0.5) is 6.01 Å². The minimum absolute atomic E-state index is 0.00854. The Balaban J connectivity index is 1.50. The van der Waals surface area contributed by atoms with E-state index in [4.69, 9.17) is 4.42 Å². The molecular formula is C21H13N5O2S. The fourth-order valence-corrected chi connectivity index (χ4v) is 3.63. The van der Waals surface area contributed by atoms with Crippen LogP contribution in [-0.2, 0) is 0 Å². The predicted octanol–water partition coefficient (Wildman–Crippen LogP) is 4.66. The number of anilines is 1. The number of carbonyl (C=O) groups is 1. The third-order valence-electron chi connectivity index (χ3n) is 4.26. The molecule has 8 heteroatoms. The van der Waals surface area contributed by atoms with E-state index in [1.54, 1.807) is 35.7 Å². The molecule has 1 N–H and O–H groups in total. The van der Waals surface area contributed by atoms with Crippen LogP contribution < -0.4 is 5.32 Å². The van der Waals surface area contributed by atoms with Crippen LogP contribution in [0.1, 0.15) is 10.4 Å². The van der Waals surface area contributed by atoms with Crippen molar-refractivity contribution in [3.05, 3.63) is 77.8 Å². The molecule has 0 saturated heterocycles. The molecule has 0 aliphatic rings. The second-order valence-electron chi connectivity index (χ2n) is 6.13. The van der Waals surface area contributed by atoms with Gasteiger partial charge in [0.2, 0.25) is 0 Å². The highest BCUT2D eigenvalue weighted by molar-refractivity contribution is 7.13. The maximum absolute atomic E-state index is 13.0. The standard InChI is InChI=1S/C21H13N5O2S/c27-19(24-21-26-25-20(28-21)16-8-3-4-10-22-16)14-12-17(18-9-5-11-29-18)23-15-7-2-1-6-13(14)15/h1-12H,(H,24,26,27). The molecule has 0 aliphatic carbocycles. The van der Waals surface area contributed by atoms with Gasteiger partial charge in [0.25, 0.3) is 11.8 Å². The van der Waals surface area contributed by atoms with Crippen LogP contribution in [0.25, 0.3) is 33.1 Å². The van der Waals surface area contributed by atoms with Crippen molar-refractivity contribution >= 4 is 34.2 Å². The highest BCUT2D eigenvalue weighted by atomic mass is 32.1. The van der Waals surface area contributed by atoms with Gasteiger partial charge in [-0.05, 0) is 35.7 Å². The molecule has 0 atom stereocenters. The zero-order valence-electron chi connectivity index (χ0n) is 14.9. The molecule has 1 amide bonds. The van der Waals surface area contributed by atoms with Crippen molar-refractivity contribution in [2.24, 2.45) is 0 Å². The number of nitrogens with one attached hydrogen (secondary N) is 1. The van der Waals surface area contributed by atoms with Gasteiger partial charge in [-0.2, -0.15) is 0 Å². The molecule has 5 rings (SSSR count). The third kappa shape index (κ3) is 3.37. The number of nitrogens with zero attached hydrogens (tertiary/aromatic N) is 4. The smallest absolute Gasteiger partial charge is 0.322 e. The number of thiophene rings is 1. The summed E-state index contributed by atoms with van der Waals surface area (Å²) in [6, 6.07) is 18.6. The average molecular weight is 399 g/mol. The third-order valence-corrected chi connectivity index (χ3v) is 5.16. The Morgan fingerprint density at radius 2 is 1.86 bits per heavy atom. The maximum Gasteiger partial charge on any atom is 0.322 e. The number of para-hydroxylation sites is 1. The summed E-state index contributed by atoms with van der Waals surface area (Å²) in [5, 5.41) is 13.3. The van der Waals surface area contributed by atoms with Gasteiger partial charge in [0.05, 0.1) is 21.7 Å². The number of carbonyl (C=O) groups excluding carboxylic acids is 1. The SMILES string of the molecule is O=C(Nc1nnc(-c2ccccn2)o1)c1cc(-c2cccs2)nc2ccccc12. The number of benzene rings is 1. The maximum atomic E-state index is 13.0. The predicted molar refractivity (Wildman–Crippen MR) is 111 cm³/mol. The highest BCUT2D eigenvalue weighted by Crippen LogP contribution is 2.28. The van der Waals surface area contributed by atoms with Crippen molar-refractivity contribution < 1.29 is 9.21 Å². The van der Waals surface area contributed by atoms with E-state index in [1.807, 2.05) is 47.8 Å². The number of hydrogen-bond acceptors (Lipinski definition) is 7. The molecule has 0 saturated carbocycles. The van der Waals surface area contributed by atoms with Crippen LogP contribution in [0.15, 0.2) is 76.7 Å². The van der Waals surface area contributed by atoms with E-state index in [2.05, 4.69) is 25.5 Å². The summed E-state index contributed by atoms with van der Waals surface area (Å²) in [4.78, 5) is 22.8. The molecule has 0 spiro atoms. The molecule has 0 fully saturated rings. The number of aromatic nitrogens is 4. The molecule has 4 heterocycles.